The summed E-state index contributed by atoms with van der Waals surface area (Å²) in [5.41, 5.74) is -0.157. The average molecular weight is 293 g/mol. The smallest absolute Gasteiger partial charge is 0.273 e. The quantitative estimate of drug-likeness (QED) is 0.681. The third-order valence-electron chi connectivity index (χ3n) is 4.90. The highest BCUT2D eigenvalue weighted by Crippen LogP contribution is 2.55. The molecule has 0 aromatic heterocycles. The first-order valence-electron chi connectivity index (χ1n) is 7.24. The summed E-state index contributed by atoms with van der Waals surface area (Å²) in [6.07, 6.45) is 4.48. The Morgan fingerprint density at radius 2 is 2.05 bits per heavy atom. The molecule has 0 heterocycles. The molecule has 3 rings (SSSR count). The number of aliphatic hydroxyl groups excluding tert-OH is 1. The predicted octanol–water partition coefficient (Wildman–Crippen LogP) is 2.68. The molecule has 2 saturated carbocycles. The van der Waals surface area contributed by atoms with Crippen molar-refractivity contribution in [3.63, 3.8) is 0 Å². The summed E-state index contributed by atoms with van der Waals surface area (Å²) < 4.78 is 11.2. The molecule has 0 saturated heterocycles. The van der Waals surface area contributed by atoms with Crippen LogP contribution in [0, 0.1) is 15.5 Å². The largest absolute Gasteiger partial charge is 0.493 e. The van der Waals surface area contributed by atoms with Gasteiger partial charge in [0.1, 0.15) is 6.10 Å². The maximum Gasteiger partial charge on any atom is 0.273 e. The standard InChI is InChI=1S/C15H19NO5/c1-20-12-8-10(16(18)19)4-5-11(12)21-14-9-13(17)15(14)6-2-3-7-15/h4-5,8,13-14,17H,2-3,6-7,9H2,1H3. The Labute approximate surface area is 122 Å². The summed E-state index contributed by atoms with van der Waals surface area (Å²) in [5, 5.41) is 20.9. The van der Waals surface area contributed by atoms with Crippen molar-refractivity contribution in [2.24, 2.45) is 5.41 Å². The summed E-state index contributed by atoms with van der Waals surface area (Å²) in [6.45, 7) is 0. The monoisotopic (exact) mass is 293 g/mol. The molecule has 1 spiro atoms. The number of nitro groups is 1. The van der Waals surface area contributed by atoms with Gasteiger partial charge in [0.2, 0.25) is 0 Å². The van der Waals surface area contributed by atoms with E-state index in [1.54, 1.807) is 6.07 Å². The minimum absolute atomic E-state index is 0.0246. The van der Waals surface area contributed by atoms with Crippen molar-refractivity contribution in [1.29, 1.82) is 0 Å². The van der Waals surface area contributed by atoms with Crippen LogP contribution in [0.3, 0.4) is 0 Å². The van der Waals surface area contributed by atoms with Crippen LogP contribution in [-0.2, 0) is 0 Å². The molecule has 114 valence electrons. The van der Waals surface area contributed by atoms with E-state index in [1.807, 2.05) is 0 Å². The maximum absolute atomic E-state index is 10.8. The van der Waals surface area contributed by atoms with Gasteiger partial charge in [0.05, 0.1) is 24.2 Å². The number of benzene rings is 1. The maximum atomic E-state index is 10.8. The van der Waals surface area contributed by atoms with Crippen LogP contribution in [0.15, 0.2) is 18.2 Å². The Morgan fingerprint density at radius 3 is 2.62 bits per heavy atom. The van der Waals surface area contributed by atoms with E-state index in [2.05, 4.69) is 0 Å². The highest BCUT2D eigenvalue weighted by Gasteiger charge is 2.57. The fourth-order valence-electron chi connectivity index (χ4n) is 3.60. The van der Waals surface area contributed by atoms with Crippen LogP contribution < -0.4 is 9.47 Å². The van der Waals surface area contributed by atoms with Gasteiger partial charge in [0.25, 0.3) is 5.69 Å². The molecule has 0 radical (unpaired) electrons. The number of methoxy groups -OCH3 is 1. The lowest BCUT2D eigenvalue weighted by Gasteiger charge is -2.51. The highest BCUT2D eigenvalue weighted by atomic mass is 16.6. The number of ether oxygens (including phenoxy) is 2. The van der Waals surface area contributed by atoms with Gasteiger partial charge in [-0.3, -0.25) is 10.1 Å². The van der Waals surface area contributed by atoms with E-state index in [4.69, 9.17) is 9.47 Å². The Balaban J connectivity index is 1.80. The Hall–Kier alpha value is -1.82. The number of nitrogens with zero attached hydrogens (tertiary/aromatic N) is 1. The van der Waals surface area contributed by atoms with Crippen molar-refractivity contribution < 1.29 is 19.5 Å². The fourth-order valence-corrected chi connectivity index (χ4v) is 3.60. The SMILES string of the molecule is COc1cc([N+](=O)[O-])ccc1OC1CC(O)C12CCCC2. The van der Waals surface area contributed by atoms with E-state index < -0.39 is 4.92 Å². The van der Waals surface area contributed by atoms with Gasteiger partial charge in [0.15, 0.2) is 11.5 Å². The van der Waals surface area contributed by atoms with Gasteiger partial charge in [-0.15, -0.1) is 0 Å². The lowest BCUT2D eigenvalue weighted by atomic mass is 9.62. The Bertz CT molecular complexity index is 553. The van der Waals surface area contributed by atoms with Crippen molar-refractivity contribution in [2.45, 2.75) is 44.3 Å². The second kappa shape index (κ2) is 5.18. The second-order valence-corrected chi connectivity index (χ2v) is 5.89. The summed E-state index contributed by atoms with van der Waals surface area (Å²) >= 11 is 0. The number of nitro benzene ring substituents is 1. The van der Waals surface area contributed by atoms with E-state index in [0.717, 1.165) is 25.7 Å². The molecule has 2 unspecified atom stereocenters. The van der Waals surface area contributed by atoms with Crippen molar-refractivity contribution >= 4 is 5.69 Å². The molecule has 2 aliphatic rings. The number of hydrogen-bond donors (Lipinski definition) is 1. The number of aliphatic hydroxyl groups is 1. The Kier molecular flexibility index (Phi) is 3.49. The van der Waals surface area contributed by atoms with E-state index >= 15 is 0 Å². The van der Waals surface area contributed by atoms with E-state index in [9.17, 15) is 15.2 Å². The van der Waals surface area contributed by atoms with Crippen LogP contribution in [0.4, 0.5) is 5.69 Å². The molecule has 1 N–H and O–H groups in total. The molecule has 6 heteroatoms. The first kappa shape index (κ1) is 14.1. The molecule has 0 bridgehead atoms. The minimum atomic E-state index is -0.460. The number of rotatable bonds is 4. The topological polar surface area (TPSA) is 81.8 Å². The summed E-state index contributed by atoms with van der Waals surface area (Å²) in [7, 11) is 1.47. The first-order valence-corrected chi connectivity index (χ1v) is 7.24. The van der Waals surface area contributed by atoms with E-state index in [0.29, 0.717) is 17.9 Å². The number of hydrogen-bond acceptors (Lipinski definition) is 5. The van der Waals surface area contributed by atoms with Crippen molar-refractivity contribution in [1.82, 2.24) is 0 Å². The molecule has 6 nitrogen and oxygen atoms in total. The van der Waals surface area contributed by atoms with Crippen molar-refractivity contribution in [3.8, 4) is 11.5 Å². The summed E-state index contributed by atoms with van der Waals surface area (Å²) in [4.78, 5) is 10.3. The molecular weight excluding hydrogens is 274 g/mol. The molecule has 2 aliphatic carbocycles. The molecule has 1 aromatic carbocycles. The van der Waals surface area contributed by atoms with Crippen LogP contribution in [0.5, 0.6) is 11.5 Å². The zero-order chi connectivity index (χ0) is 15.0. The molecule has 2 atom stereocenters. The zero-order valence-electron chi connectivity index (χ0n) is 11.9. The van der Waals surface area contributed by atoms with Crippen molar-refractivity contribution in [3.05, 3.63) is 28.3 Å². The van der Waals surface area contributed by atoms with Crippen LogP contribution in [0.2, 0.25) is 0 Å². The van der Waals surface area contributed by atoms with Gasteiger partial charge in [0, 0.05) is 17.9 Å². The van der Waals surface area contributed by atoms with Gasteiger partial charge in [-0.25, -0.2) is 0 Å². The highest BCUT2D eigenvalue weighted by molar-refractivity contribution is 5.48. The third-order valence-corrected chi connectivity index (χ3v) is 4.90. The normalized spacial score (nSPS) is 26.4. The molecule has 1 aromatic rings. The van der Waals surface area contributed by atoms with Crippen LogP contribution in [0.1, 0.15) is 32.1 Å². The van der Waals surface area contributed by atoms with Gasteiger partial charge in [-0.05, 0) is 18.9 Å². The van der Waals surface area contributed by atoms with Gasteiger partial charge >= 0.3 is 0 Å². The van der Waals surface area contributed by atoms with E-state index in [-0.39, 0.29) is 23.3 Å². The predicted molar refractivity (Wildman–Crippen MR) is 75.6 cm³/mol. The van der Waals surface area contributed by atoms with Crippen molar-refractivity contribution in [2.75, 3.05) is 7.11 Å². The molecule has 0 aliphatic heterocycles. The van der Waals surface area contributed by atoms with Gasteiger partial charge in [-0.1, -0.05) is 12.8 Å². The van der Waals surface area contributed by atoms with Gasteiger partial charge in [-0.2, -0.15) is 0 Å². The van der Waals surface area contributed by atoms with E-state index in [1.165, 1.54) is 19.2 Å². The molecule has 21 heavy (non-hydrogen) atoms. The molecule has 0 amide bonds. The third kappa shape index (κ3) is 2.23. The summed E-state index contributed by atoms with van der Waals surface area (Å²) in [6, 6.07) is 4.35. The average Bonchev–Trinajstić information content (AvgIpc) is 2.99. The molecular formula is C15H19NO5. The summed E-state index contributed by atoms with van der Waals surface area (Å²) in [5.74, 6) is 0.866. The second-order valence-electron chi connectivity index (χ2n) is 5.89. The van der Waals surface area contributed by atoms with Crippen LogP contribution in [-0.4, -0.2) is 29.3 Å². The minimum Gasteiger partial charge on any atom is -0.493 e. The lowest BCUT2D eigenvalue weighted by molar-refractivity contribution is -0.385. The van der Waals surface area contributed by atoms with Crippen LogP contribution in [0.25, 0.3) is 0 Å². The number of non-ortho nitro benzene ring substituents is 1. The Morgan fingerprint density at radius 1 is 1.33 bits per heavy atom. The first-order chi connectivity index (χ1) is 10.1. The molecule has 2 fully saturated rings. The zero-order valence-corrected chi connectivity index (χ0v) is 11.9. The fraction of sp³-hybridized carbons (Fsp3) is 0.600. The van der Waals surface area contributed by atoms with Crippen LogP contribution >= 0.6 is 0 Å². The lowest BCUT2D eigenvalue weighted by Crippen LogP contribution is -2.58. The van der Waals surface area contributed by atoms with Gasteiger partial charge < -0.3 is 14.6 Å².